The van der Waals surface area contributed by atoms with Crippen molar-refractivity contribution in [3.05, 3.63) is 21.3 Å². The van der Waals surface area contributed by atoms with Crippen molar-refractivity contribution in [2.45, 2.75) is 19.9 Å². The third kappa shape index (κ3) is 5.24. The summed E-state index contributed by atoms with van der Waals surface area (Å²) in [4.78, 5) is 0.956. The van der Waals surface area contributed by atoms with Gasteiger partial charge in [0.15, 0.2) is 0 Å². The van der Waals surface area contributed by atoms with Gasteiger partial charge in [-0.1, -0.05) is 18.5 Å². The Morgan fingerprint density at radius 3 is 2.72 bits per heavy atom. The molecule has 0 aliphatic carbocycles. The molecule has 0 atom stereocenters. The number of sulfonamides is 1. The summed E-state index contributed by atoms with van der Waals surface area (Å²) in [5, 5.41) is 3.11. The van der Waals surface area contributed by atoms with Crippen LogP contribution in [0.4, 0.5) is 0 Å². The average molecular weight is 311 g/mol. The Balaban J connectivity index is 2.46. The molecular weight excluding hydrogens is 292 g/mol. The first-order chi connectivity index (χ1) is 8.45. The van der Waals surface area contributed by atoms with Crippen LogP contribution in [0, 0.1) is 0 Å². The van der Waals surface area contributed by atoms with Crippen molar-refractivity contribution in [3.63, 3.8) is 0 Å². The number of hydrogen-bond donors (Lipinski definition) is 1. The molecular formula is C11H19ClN2O2S2. The number of halogens is 1. The van der Waals surface area contributed by atoms with Crippen molar-refractivity contribution in [2.75, 3.05) is 25.9 Å². The lowest BCUT2D eigenvalue weighted by molar-refractivity contribution is 0.467. The van der Waals surface area contributed by atoms with Gasteiger partial charge in [0, 0.05) is 18.5 Å². The Kier molecular flexibility index (Phi) is 6.59. The van der Waals surface area contributed by atoms with Crippen LogP contribution in [-0.2, 0) is 16.6 Å². The summed E-state index contributed by atoms with van der Waals surface area (Å²) in [5.41, 5.74) is 0. The maximum Gasteiger partial charge on any atom is 0.214 e. The Labute approximate surface area is 118 Å². The lowest BCUT2D eigenvalue weighted by Gasteiger charge is -2.16. The van der Waals surface area contributed by atoms with Gasteiger partial charge in [-0.05, 0) is 31.6 Å². The second-order valence-electron chi connectivity index (χ2n) is 3.98. The molecule has 0 saturated heterocycles. The summed E-state index contributed by atoms with van der Waals surface area (Å²) in [6.07, 6.45) is 0.631. The van der Waals surface area contributed by atoms with Crippen molar-refractivity contribution in [1.82, 2.24) is 9.62 Å². The number of nitrogens with one attached hydrogen (secondary N) is 1. The molecule has 18 heavy (non-hydrogen) atoms. The minimum absolute atomic E-state index is 0.176. The van der Waals surface area contributed by atoms with Crippen LogP contribution in [0.3, 0.4) is 0 Å². The summed E-state index contributed by atoms with van der Waals surface area (Å²) in [7, 11) is -1.57. The number of hydrogen-bond acceptors (Lipinski definition) is 4. The topological polar surface area (TPSA) is 49.4 Å². The Morgan fingerprint density at radius 1 is 1.44 bits per heavy atom. The van der Waals surface area contributed by atoms with Crippen LogP contribution in [0.15, 0.2) is 12.1 Å². The zero-order chi connectivity index (χ0) is 13.6. The van der Waals surface area contributed by atoms with Crippen LogP contribution in [0.1, 0.15) is 18.2 Å². The molecule has 0 bridgehead atoms. The third-order valence-electron chi connectivity index (χ3n) is 2.49. The Hall–Kier alpha value is -0.140. The molecule has 0 aliphatic heterocycles. The van der Waals surface area contributed by atoms with Gasteiger partial charge in [-0.25, -0.2) is 8.42 Å². The van der Waals surface area contributed by atoms with E-state index in [0.717, 1.165) is 18.0 Å². The molecule has 1 aromatic rings. The van der Waals surface area contributed by atoms with Gasteiger partial charge in [0.05, 0.1) is 10.1 Å². The molecule has 0 spiro atoms. The van der Waals surface area contributed by atoms with E-state index in [1.165, 1.54) is 15.6 Å². The molecule has 1 heterocycles. The first-order valence-electron chi connectivity index (χ1n) is 5.84. The van der Waals surface area contributed by atoms with Crippen molar-refractivity contribution < 1.29 is 8.42 Å². The normalized spacial score (nSPS) is 12.2. The molecule has 0 aromatic carbocycles. The van der Waals surface area contributed by atoms with E-state index in [4.69, 9.17) is 11.6 Å². The number of nitrogens with zero attached hydrogens (tertiary/aromatic N) is 1. The first kappa shape index (κ1) is 15.9. The van der Waals surface area contributed by atoms with Crippen LogP contribution in [-0.4, -0.2) is 38.6 Å². The smallest absolute Gasteiger partial charge is 0.214 e. The second kappa shape index (κ2) is 7.45. The summed E-state index contributed by atoms with van der Waals surface area (Å²) in [6.45, 7) is 3.99. The average Bonchev–Trinajstić information content (AvgIpc) is 2.70. The van der Waals surface area contributed by atoms with E-state index in [9.17, 15) is 8.42 Å². The summed E-state index contributed by atoms with van der Waals surface area (Å²) < 4.78 is 26.0. The zero-order valence-electron chi connectivity index (χ0n) is 10.6. The third-order valence-corrected chi connectivity index (χ3v) is 5.59. The molecule has 0 radical (unpaired) electrons. The maximum atomic E-state index is 12.0. The van der Waals surface area contributed by atoms with E-state index < -0.39 is 10.0 Å². The van der Waals surface area contributed by atoms with E-state index in [2.05, 4.69) is 5.32 Å². The van der Waals surface area contributed by atoms with Gasteiger partial charge in [-0.3, -0.25) is 0 Å². The van der Waals surface area contributed by atoms with Gasteiger partial charge in [-0.15, -0.1) is 11.3 Å². The minimum atomic E-state index is -3.17. The SMILES string of the molecule is CCNCCCS(=O)(=O)N(C)Cc1ccc(Cl)s1. The van der Waals surface area contributed by atoms with E-state index >= 15 is 0 Å². The van der Waals surface area contributed by atoms with E-state index in [1.54, 1.807) is 13.1 Å². The zero-order valence-corrected chi connectivity index (χ0v) is 13.0. The highest BCUT2D eigenvalue weighted by Crippen LogP contribution is 2.23. The van der Waals surface area contributed by atoms with Gasteiger partial charge < -0.3 is 5.32 Å². The second-order valence-corrected chi connectivity index (χ2v) is 7.98. The molecule has 0 amide bonds. The highest BCUT2D eigenvalue weighted by Gasteiger charge is 2.18. The Bertz CT molecular complexity index is 459. The van der Waals surface area contributed by atoms with E-state index in [0.29, 0.717) is 17.3 Å². The lowest BCUT2D eigenvalue weighted by atomic mass is 10.5. The van der Waals surface area contributed by atoms with Crippen molar-refractivity contribution >= 4 is 33.0 Å². The fraction of sp³-hybridized carbons (Fsp3) is 0.636. The lowest BCUT2D eigenvalue weighted by Crippen LogP contribution is -2.30. The predicted molar refractivity (Wildman–Crippen MR) is 77.7 cm³/mol. The minimum Gasteiger partial charge on any atom is -0.317 e. The molecule has 0 saturated carbocycles. The molecule has 0 aliphatic rings. The van der Waals surface area contributed by atoms with Crippen LogP contribution in [0.2, 0.25) is 4.34 Å². The summed E-state index contributed by atoms with van der Waals surface area (Å²) in [5.74, 6) is 0.176. The van der Waals surface area contributed by atoms with Crippen LogP contribution in [0.25, 0.3) is 0 Å². The highest BCUT2D eigenvalue weighted by molar-refractivity contribution is 7.89. The fourth-order valence-corrected chi connectivity index (χ4v) is 3.85. The van der Waals surface area contributed by atoms with Gasteiger partial charge in [-0.2, -0.15) is 4.31 Å². The monoisotopic (exact) mass is 310 g/mol. The molecule has 104 valence electrons. The summed E-state index contributed by atoms with van der Waals surface area (Å²) in [6, 6.07) is 3.64. The number of thiophene rings is 1. The maximum absolute atomic E-state index is 12.0. The van der Waals surface area contributed by atoms with Crippen molar-refractivity contribution in [3.8, 4) is 0 Å². The highest BCUT2D eigenvalue weighted by atomic mass is 35.5. The van der Waals surface area contributed by atoms with Crippen LogP contribution in [0.5, 0.6) is 0 Å². The van der Waals surface area contributed by atoms with E-state index in [1.807, 2.05) is 13.0 Å². The van der Waals surface area contributed by atoms with Crippen molar-refractivity contribution in [1.29, 1.82) is 0 Å². The predicted octanol–water partition coefficient (Wildman–Crippen LogP) is 2.16. The van der Waals surface area contributed by atoms with Gasteiger partial charge in [0.2, 0.25) is 10.0 Å². The fourth-order valence-electron chi connectivity index (χ4n) is 1.47. The van der Waals surface area contributed by atoms with Crippen LogP contribution >= 0.6 is 22.9 Å². The molecule has 7 heteroatoms. The van der Waals surface area contributed by atoms with Gasteiger partial charge >= 0.3 is 0 Å². The molecule has 4 nitrogen and oxygen atoms in total. The van der Waals surface area contributed by atoms with E-state index in [-0.39, 0.29) is 5.75 Å². The molecule has 0 unspecified atom stereocenters. The molecule has 1 rings (SSSR count). The van der Waals surface area contributed by atoms with Gasteiger partial charge in [0.25, 0.3) is 0 Å². The molecule has 1 aromatic heterocycles. The standard InChI is InChI=1S/C11H19ClN2O2S2/c1-3-13-7-4-8-18(15,16)14(2)9-10-5-6-11(12)17-10/h5-6,13H,3-4,7-9H2,1-2H3. The van der Waals surface area contributed by atoms with Gasteiger partial charge in [0.1, 0.15) is 0 Å². The Morgan fingerprint density at radius 2 is 2.17 bits per heavy atom. The first-order valence-corrected chi connectivity index (χ1v) is 8.65. The van der Waals surface area contributed by atoms with Crippen LogP contribution < -0.4 is 5.32 Å². The molecule has 1 N–H and O–H groups in total. The van der Waals surface area contributed by atoms with Crippen molar-refractivity contribution in [2.24, 2.45) is 0 Å². The quantitative estimate of drug-likeness (QED) is 0.749. The largest absolute Gasteiger partial charge is 0.317 e. The summed E-state index contributed by atoms with van der Waals surface area (Å²) >= 11 is 7.23. The number of rotatable bonds is 8. The molecule has 0 fully saturated rings.